The van der Waals surface area contributed by atoms with Gasteiger partial charge in [-0.3, -0.25) is 0 Å². The number of nitrogens with two attached hydrogens (primary N) is 1. The van der Waals surface area contributed by atoms with Gasteiger partial charge in [-0.25, -0.2) is 14.8 Å². The van der Waals surface area contributed by atoms with Gasteiger partial charge in [0.1, 0.15) is 12.0 Å². The van der Waals surface area contributed by atoms with Gasteiger partial charge in [0.15, 0.2) is 11.6 Å². The van der Waals surface area contributed by atoms with Crippen LogP contribution in [0.25, 0.3) is 0 Å². The molecule has 0 unspecified atom stereocenters. The molecule has 27 heavy (non-hydrogen) atoms. The van der Waals surface area contributed by atoms with Gasteiger partial charge in [0.2, 0.25) is 0 Å². The predicted molar refractivity (Wildman–Crippen MR) is 106 cm³/mol. The lowest BCUT2D eigenvalue weighted by Crippen LogP contribution is -2.18. The summed E-state index contributed by atoms with van der Waals surface area (Å²) in [5.74, 6) is 0.607. The summed E-state index contributed by atoms with van der Waals surface area (Å²) < 4.78 is 4.86. The lowest BCUT2D eigenvalue weighted by molar-refractivity contribution is 0.0601. The minimum atomic E-state index is -0.424. The molecule has 1 heterocycles. The predicted octanol–water partition coefficient (Wildman–Crippen LogP) is 3.23. The molecular weight excluding hydrogens is 342 g/mol. The second kappa shape index (κ2) is 8.18. The van der Waals surface area contributed by atoms with Crippen LogP contribution in [0.4, 0.5) is 23.0 Å². The van der Waals surface area contributed by atoms with Crippen LogP contribution in [0.5, 0.6) is 0 Å². The Bertz CT molecular complexity index is 931. The van der Waals surface area contributed by atoms with Gasteiger partial charge in [-0.2, -0.15) is 0 Å². The third-order valence-electron chi connectivity index (χ3n) is 4.15. The highest BCUT2D eigenvalue weighted by molar-refractivity contribution is 5.97. The molecule has 0 amide bonds. The van der Waals surface area contributed by atoms with Crippen LogP contribution in [-0.4, -0.2) is 30.1 Å². The van der Waals surface area contributed by atoms with Gasteiger partial charge in [0.25, 0.3) is 0 Å². The van der Waals surface area contributed by atoms with Crippen LogP contribution < -0.4 is 16.0 Å². The third kappa shape index (κ3) is 3.98. The van der Waals surface area contributed by atoms with E-state index in [1.807, 2.05) is 42.5 Å². The highest BCUT2D eigenvalue weighted by Crippen LogP contribution is 2.32. The van der Waals surface area contributed by atoms with E-state index in [9.17, 15) is 4.79 Å². The molecule has 0 spiro atoms. The molecule has 3 N–H and O–H groups in total. The summed E-state index contributed by atoms with van der Waals surface area (Å²) in [4.78, 5) is 22.3. The van der Waals surface area contributed by atoms with Crippen LogP contribution in [0, 0.1) is 0 Å². The number of hydrogen-bond acceptors (Lipinski definition) is 7. The number of carbonyl (C=O) groups excluding carboxylic acids is 1. The van der Waals surface area contributed by atoms with Crippen molar-refractivity contribution in [3.05, 3.63) is 72.1 Å². The number of rotatable bonds is 6. The van der Waals surface area contributed by atoms with Crippen molar-refractivity contribution in [2.75, 3.05) is 30.1 Å². The summed E-state index contributed by atoms with van der Waals surface area (Å²) in [6.07, 6.45) is 1.44. The topological polar surface area (TPSA) is 93.4 Å². The second-order valence-corrected chi connectivity index (χ2v) is 5.87. The fourth-order valence-corrected chi connectivity index (χ4v) is 2.74. The molecule has 0 bridgehead atoms. The van der Waals surface area contributed by atoms with Crippen molar-refractivity contribution in [3.63, 3.8) is 0 Å². The van der Waals surface area contributed by atoms with Crippen molar-refractivity contribution >= 4 is 29.0 Å². The smallest absolute Gasteiger partial charge is 0.339 e. The highest BCUT2D eigenvalue weighted by atomic mass is 16.5. The number of para-hydroxylation sites is 1. The maximum absolute atomic E-state index is 12.1. The fourth-order valence-electron chi connectivity index (χ4n) is 2.74. The van der Waals surface area contributed by atoms with Crippen LogP contribution >= 0.6 is 0 Å². The van der Waals surface area contributed by atoms with E-state index in [-0.39, 0.29) is 0 Å². The first-order chi connectivity index (χ1) is 13.1. The number of aromatic nitrogens is 2. The van der Waals surface area contributed by atoms with E-state index in [4.69, 9.17) is 10.5 Å². The first-order valence-electron chi connectivity index (χ1n) is 8.41. The number of ether oxygens (including phenoxy) is 1. The average Bonchev–Trinajstić information content (AvgIpc) is 2.72. The molecule has 2 aromatic carbocycles. The molecule has 0 radical (unpaired) electrons. The van der Waals surface area contributed by atoms with E-state index < -0.39 is 5.97 Å². The number of nitrogen functional groups attached to an aromatic ring is 1. The Balaban J connectivity index is 1.88. The van der Waals surface area contributed by atoms with Gasteiger partial charge >= 0.3 is 5.97 Å². The van der Waals surface area contributed by atoms with Crippen molar-refractivity contribution in [3.8, 4) is 0 Å². The average molecular weight is 363 g/mol. The van der Waals surface area contributed by atoms with E-state index >= 15 is 0 Å². The lowest BCUT2D eigenvalue weighted by Gasteiger charge is -2.23. The molecule has 3 rings (SSSR count). The molecule has 7 heteroatoms. The van der Waals surface area contributed by atoms with E-state index in [2.05, 4.69) is 15.3 Å². The Morgan fingerprint density at radius 2 is 1.81 bits per heavy atom. The highest BCUT2D eigenvalue weighted by Gasteiger charge is 2.19. The quantitative estimate of drug-likeness (QED) is 0.649. The van der Waals surface area contributed by atoms with E-state index in [0.717, 1.165) is 5.56 Å². The second-order valence-electron chi connectivity index (χ2n) is 5.87. The molecule has 0 saturated heterocycles. The number of carbonyl (C=O) groups is 1. The fraction of sp³-hybridized carbons (Fsp3) is 0.150. The normalized spacial score (nSPS) is 10.3. The molecule has 0 atom stereocenters. The van der Waals surface area contributed by atoms with Gasteiger partial charge in [0, 0.05) is 13.6 Å². The van der Waals surface area contributed by atoms with Gasteiger partial charge in [0.05, 0.1) is 18.4 Å². The zero-order valence-electron chi connectivity index (χ0n) is 15.2. The zero-order valence-corrected chi connectivity index (χ0v) is 15.2. The van der Waals surface area contributed by atoms with Crippen molar-refractivity contribution in [1.82, 2.24) is 9.97 Å². The van der Waals surface area contributed by atoms with Crippen LogP contribution in [0.1, 0.15) is 15.9 Å². The van der Waals surface area contributed by atoms with Crippen molar-refractivity contribution < 1.29 is 9.53 Å². The van der Waals surface area contributed by atoms with Crippen LogP contribution in [0.2, 0.25) is 0 Å². The van der Waals surface area contributed by atoms with Crippen molar-refractivity contribution in [2.24, 2.45) is 0 Å². The number of esters is 1. The molecule has 138 valence electrons. The van der Waals surface area contributed by atoms with Gasteiger partial charge in [-0.1, -0.05) is 42.5 Å². The minimum Gasteiger partial charge on any atom is -0.465 e. The monoisotopic (exact) mass is 363 g/mol. The van der Waals surface area contributed by atoms with E-state index in [0.29, 0.717) is 35.1 Å². The molecule has 7 nitrogen and oxygen atoms in total. The number of methoxy groups -OCH3 is 1. The molecule has 0 aliphatic rings. The van der Waals surface area contributed by atoms with Gasteiger partial charge in [-0.15, -0.1) is 0 Å². The Kier molecular flexibility index (Phi) is 5.51. The molecule has 3 aromatic rings. The standard InChI is InChI=1S/C20H21N5O2/c1-25(16-11-7-6-10-15(16)20(26)27-2)19-17(21)18(23-13-24-19)22-12-14-8-4-3-5-9-14/h3-11,13H,12,21H2,1-2H3,(H,22,23,24). The zero-order chi connectivity index (χ0) is 19.2. The summed E-state index contributed by atoms with van der Waals surface area (Å²) >= 11 is 0. The minimum absolute atomic E-state index is 0.399. The Hall–Kier alpha value is -3.61. The summed E-state index contributed by atoms with van der Waals surface area (Å²) in [5, 5.41) is 3.23. The number of hydrogen-bond donors (Lipinski definition) is 2. The molecular formula is C20H21N5O2. The molecule has 0 aliphatic heterocycles. The maximum atomic E-state index is 12.1. The van der Waals surface area contributed by atoms with Crippen LogP contribution in [-0.2, 0) is 11.3 Å². The largest absolute Gasteiger partial charge is 0.465 e. The third-order valence-corrected chi connectivity index (χ3v) is 4.15. The maximum Gasteiger partial charge on any atom is 0.339 e. The van der Waals surface area contributed by atoms with Crippen molar-refractivity contribution in [1.29, 1.82) is 0 Å². The summed E-state index contributed by atoms with van der Waals surface area (Å²) in [5.41, 5.74) is 8.88. The van der Waals surface area contributed by atoms with Gasteiger partial charge in [-0.05, 0) is 17.7 Å². The van der Waals surface area contributed by atoms with Crippen LogP contribution in [0.3, 0.4) is 0 Å². The summed E-state index contributed by atoms with van der Waals surface area (Å²) in [6.45, 7) is 0.587. The van der Waals surface area contributed by atoms with E-state index in [1.54, 1.807) is 24.1 Å². The summed E-state index contributed by atoms with van der Waals surface area (Å²) in [6, 6.07) is 17.1. The number of benzene rings is 2. The van der Waals surface area contributed by atoms with E-state index in [1.165, 1.54) is 13.4 Å². The number of anilines is 4. The first-order valence-corrected chi connectivity index (χ1v) is 8.41. The number of nitrogens with one attached hydrogen (secondary N) is 1. The molecule has 0 aliphatic carbocycles. The lowest BCUT2D eigenvalue weighted by atomic mass is 10.1. The molecule has 0 saturated carbocycles. The Labute approximate surface area is 157 Å². The van der Waals surface area contributed by atoms with Gasteiger partial charge < -0.3 is 20.7 Å². The Morgan fingerprint density at radius 1 is 1.11 bits per heavy atom. The summed E-state index contributed by atoms with van der Waals surface area (Å²) in [7, 11) is 3.14. The first kappa shape index (κ1) is 18.2. The number of nitrogens with zero attached hydrogens (tertiary/aromatic N) is 3. The SMILES string of the molecule is COC(=O)c1ccccc1N(C)c1ncnc(NCc2ccccc2)c1N. The molecule has 0 fully saturated rings. The Morgan fingerprint density at radius 3 is 2.56 bits per heavy atom. The van der Waals surface area contributed by atoms with Crippen molar-refractivity contribution in [2.45, 2.75) is 6.54 Å². The van der Waals surface area contributed by atoms with Crippen LogP contribution in [0.15, 0.2) is 60.9 Å². The molecule has 1 aromatic heterocycles.